The molecule has 0 spiro atoms. The minimum atomic E-state index is -2.85. The van der Waals surface area contributed by atoms with Crippen LogP contribution in [0, 0.1) is 0 Å². The van der Waals surface area contributed by atoms with Gasteiger partial charge in [-0.15, -0.1) is 6.58 Å². The summed E-state index contributed by atoms with van der Waals surface area (Å²) >= 11 is 0. The van der Waals surface area contributed by atoms with Crippen LogP contribution >= 0.6 is 0 Å². The quantitative estimate of drug-likeness (QED) is 0.758. The third-order valence-electron chi connectivity index (χ3n) is 4.24. The topological polar surface area (TPSA) is 37.4 Å². The van der Waals surface area contributed by atoms with Crippen molar-refractivity contribution in [3.63, 3.8) is 0 Å². The predicted octanol–water partition coefficient (Wildman–Crippen LogP) is 2.64. The maximum absolute atomic E-state index is 11.7. The lowest BCUT2D eigenvalue weighted by Crippen LogP contribution is -2.44. The molecule has 2 rings (SSSR count). The lowest BCUT2D eigenvalue weighted by Gasteiger charge is -2.35. The highest BCUT2D eigenvalue weighted by Crippen LogP contribution is 2.27. The van der Waals surface area contributed by atoms with Gasteiger partial charge in [-0.2, -0.15) is 0 Å². The van der Waals surface area contributed by atoms with Crippen LogP contribution in [0.4, 0.5) is 0 Å². The van der Waals surface area contributed by atoms with Crippen molar-refractivity contribution in [2.24, 2.45) is 0 Å². The Balaban J connectivity index is 2.14. The Hall–Kier alpha value is -1.13. The summed E-state index contributed by atoms with van der Waals surface area (Å²) in [4.78, 5) is 2.27. The van der Waals surface area contributed by atoms with Crippen LogP contribution in [0.1, 0.15) is 25.8 Å². The van der Waals surface area contributed by atoms with Gasteiger partial charge >= 0.3 is 0 Å². The van der Waals surface area contributed by atoms with Gasteiger partial charge < -0.3 is 0 Å². The summed E-state index contributed by atoms with van der Waals surface area (Å²) in [6, 6.07) is 10.5. The third kappa shape index (κ3) is 4.17. The first-order valence-electron chi connectivity index (χ1n) is 7.45. The highest BCUT2D eigenvalue weighted by molar-refractivity contribution is 7.91. The Morgan fingerprint density at radius 3 is 2.52 bits per heavy atom. The minimum absolute atomic E-state index is 0.0172. The van der Waals surface area contributed by atoms with Gasteiger partial charge in [0, 0.05) is 24.5 Å². The van der Waals surface area contributed by atoms with Crippen LogP contribution in [0.15, 0.2) is 43.0 Å². The van der Waals surface area contributed by atoms with Crippen molar-refractivity contribution in [2.45, 2.75) is 31.7 Å². The molecular weight excluding hydrogens is 282 g/mol. The Morgan fingerprint density at radius 2 is 2.00 bits per heavy atom. The number of nitrogens with zero attached hydrogens (tertiary/aromatic N) is 1. The first kappa shape index (κ1) is 16.2. The van der Waals surface area contributed by atoms with Gasteiger partial charge in [-0.05, 0) is 12.0 Å². The van der Waals surface area contributed by atoms with Gasteiger partial charge in [0.15, 0.2) is 9.84 Å². The van der Waals surface area contributed by atoms with Crippen LogP contribution < -0.4 is 0 Å². The van der Waals surface area contributed by atoms with Crippen LogP contribution in [-0.2, 0) is 15.3 Å². The van der Waals surface area contributed by atoms with E-state index in [1.54, 1.807) is 0 Å². The standard InChI is InChI=1S/C17H25NO2S/c1-4-11-18(16-10-12-21(19,20)13-16)14-17(2,3)15-8-6-5-7-9-15/h4-9,16H,1,10-14H2,2-3H3/t16-/m1/s1. The summed E-state index contributed by atoms with van der Waals surface area (Å²) in [6.07, 6.45) is 2.60. The van der Waals surface area contributed by atoms with E-state index in [-0.39, 0.29) is 17.2 Å². The predicted molar refractivity (Wildman–Crippen MR) is 88.3 cm³/mol. The zero-order valence-electron chi connectivity index (χ0n) is 13.0. The van der Waals surface area contributed by atoms with Gasteiger partial charge in [0.1, 0.15) is 0 Å². The Labute approximate surface area is 128 Å². The van der Waals surface area contributed by atoms with Crippen LogP contribution in [0.5, 0.6) is 0 Å². The normalized spacial score (nSPS) is 21.6. The van der Waals surface area contributed by atoms with E-state index in [4.69, 9.17) is 0 Å². The lowest BCUT2D eigenvalue weighted by atomic mass is 9.83. The highest BCUT2D eigenvalue weighted by atomic mass is 32.2. The molecule has 0 bridgehead atoms. The molecule has 1 aliphatic rings. The molecule has 1 fully saturated rings. The smallest absolute Gasteiger partial charge is 0.151 e. The van der Waals surface area contributed by atoms with Crippen molar-refractivity contribution in [1.29, 1.82) is 0 Å². The molecule has 0 amide bonds. The van der Waals surface area contributed by atoms with Crippen molar-refractivity contribution >= 4 is 9.84 Å². The van der Waals surface area contributed by atoms with Crippen molar-refractivity contribution in [3.8, 4) is 0 Å². The van der Waals surface area contributed by atoms with Crippen molar-refractivity contribution in [3.05, 3.63) is 48.6 Å². The van der Waals surface area contributed by atoms with Gasteiger partial charge in [-0.25, -0.2) is 8.42 Å². The second kappa shape index (κ2) is 6.32. The van der Waals surface area contributed by atoms with E-state index in [1.165, 1.54) is 5.56 Å². The maximum atomic E-state index is 11.7. The molecule has 3 nitrogen and oxygen atoms in total. The van der Waals surface area contributed by atoms with Crippen molar-refractivity contribution in [1.82, 2.24) is 4.90 Å². The second-order valence-electron chi connectivity index (χ2n) is 6.52. The Kier molecular flexibility index (Phi) is 4.89. The fourth-order valence-corrected chi connectivity index (χ4v) is 4.82. The van der Waals surface area contributed by atoms with Crippen LogP contribution in [0.25, 0.3) is 0 Å². The molecule has 0 N–H and O–H groups in total. The van der Waals surface area contributed by atoms with Crippen molar-refractivity contribution < 1.29 is 8.42 Å². The van der Waals surface area contributed by atoms with Gasteiger partial charge in [0.05, 0.1) is 11.5 Å². The summed E-state index contributed by atoms with van der Waals surface area (Å²) in [7, 11) is -2.85. The molecule has 1 heterocycles. The fourth-order valence-electron chi connectivity index (χ4n) is 3.06. The SMILES string of the molecule is C=CCN(CC(C)(C)c1ccccc1)[C@@H]1CCS(=O)(=O)C1. The van der Waals surface area contributed by atoms with Crippen molar-refractivity contribution in [2.75, 3.05) is 24.6 Å². The molecule has 0 aliphatic carbocycles. The third-order valence-corrected chi connectivity index (χ3v) is 5.99. The molecule has 1 aliphatic heterocycles. The molecule has 0 saturated carbocycles. The molecule has 0 aromatic heterocycles. The number of rotatable bonds is 6. The van der Waals surface area contributed by atoms with Crippen LogP contribution in [0.3, 0.4) is 0 Å². The zero-order valence-corrected chi connectivity index (χ0v) is 13.8. The molecule has 1 aromatic carbocycles. The molecule has 1 saturated heterocycles. The number of hydrogen-bond donors (Lipinski definition) is 0. The molecule has 1 atom stereocenters. The molecule has 116 valence electrons. The summed E-state index contributed by atoms with van der Waals surface area (Å²) in [6.45, 7) is 9.81. The first-order chi connectivity index (χ1) is 9.84. The summed E-state index contributed by atoms with van der Waals surface area (Å²) < 4.78 is 23.5. The molecule has 21 heavy (non-hydrogen) atoms. The molecule has 1 aromatic rings. The summed E-state index contributed by atoms with van der Waals surface area (Å²) in [5.74, 6) is 0.600. The van der Waals surface area contributed by atoms with Gasteiger partial charge in [0.25, 0.3) is 0 Å². The van der Waals surface area contributed by atoms with Crippen LogP contribution in [0.2, 0.25) is 0 Å². The first-order valence-corrected chi connectivity index (χ1v) is 9.27. The Morgan fingerprint density at radius 1 is 1.33 bits per heavy atom. The van der Waals surface area contributed by atoms with Gasteiger partial charge in [-0.1, -0.05) is 50.3 Å². The highest BCUT2D eigenvalue weighted by Gasteiger charge is 2.34. The van der Waals surface area contributed by atoms with E-state index < -0.39 is 9.84 Å². The summed E-state index contributed by atoms with van der Waals surface area (Å²) in [5.41, 5.74) is 1.26. The van der Waals surface area contributed by atoms with E-state index in [1.807, 2.05) is 12.1 Å². The average molecular weight is 307 g/mol. The average Bonchev–Trinajstić information content (AvgIpc) is 2.79. The van der Waals surface area contributed by atoms with E-state index in [9.17, 15) is 8.42 Å². The monoisotopic (exact) mass is 307 g/mol. The van der Waals surface area contributed by atoms with Crippen LogP contribution in [-0.4, -0.2) is 44.0 Å². The van der Waals surface area contributed by atoms with E-state index in [0.717, 1.165) is 19.5 Å². The Bertz CT molecular complexity index is 578. The largest absolute Gasteiger partial charge is 0.295 e. The number of sulfone groups is 1. The van der Waals surface area contributed by atoms with E-state index >= 15 is 0 Å². The zero-order chi connectivity index (χ0) is 15.5. The number of benzene rings is 1. The molecule has 0 unspecified atom stereocenters. The number of hydrogen-bond acceptors (Lipinski definition) is 3. The molecule has 0 radical (unpaired) electrons. The maximum Gasteiger partial charge on any atom is 0.151 e. The van der Waals surface area contributed by atoms with Gasteiger partial charge in [0.2, 0.25) is 0 Å². The summed E-state index contributed by atoms with van der Waals surface area (Å²) in [5, 5.41) is 0. The molecule has 4 heteroatoms. The second-order valence-corrected chi connectivity index (χ2v) is 8.75. The minimum Gasteiger partial charge on any atom is -0.295 e. The fraction of sp³-hybridized carbons (Fsp3) is 0.529. The van der Waals surface area contributed by atoms with E-state index in [2.05, 4.69) is 49.6 Å². The van der Waals surface area contributed by atoms with Gasteiger partial charge in [-0.3, -0.25) is 4.90 Å². The molecular formula is C17H25NO2S. The van der Waals surface area contributed by atoms with E-state index in [0.29, 0.717) is 5.75 Å². The lowest BCUT2D eigenvalue weighted by molar-refractivity contribution is 0.192.